The molecule has 0 amide bonds. The van der Waals surface area contributed by atoms with Crippen LogP contribution in [0.1, 0.15) is 17.4 Å². The predicted octanol–water partition coefficient (Wildman–Crippen LogP) is 0.593. The lowest BCUT2D eigenvalue weighted by Gasteiger charge is -2.01. The molecule has 0 atom stereocenters. The van der Waals surface area contributed by atoms with Crippen molar-refractivity contribution in [3.05, 3.63) is 5.69 Å². The van der Waals surface area contributed by atoms with Gasteiger partial charge in [0.05, 0.1) is 6.61 Å². The minimum atomic E-state index is -3.06. The molecule has 0 N–H and O–H groups in total. The summed E-state index contributed by atoms with van der Waals surface area (Å²) >= 11 is 0. The van der Waals surface area contributed by atoms with Crippen LogP contribution in [-0.2, 0) is 11.8 Å². The lowest BCUT2D eigenvalue weighted by Crippen LogP contribution is -2.10. The Morgan fingerprint density at radius 1 is 1.53 bits per heavy atom. The first-order valence-corrected chi connectivity index (χ1v) is 4.07. The summed E-state index contributed by atoms with van der Waals surface area (Å²) in [5.74, 6) is -1.38. The molecule has 1 heterocycles. The van der Waals surface area contributed by atoms with Crippen LogP contribution in [0.5, 0.6) is 5.88 Å². The number of halogens is 2. The Kier molecular flexibility index (Phi) is 3.53. The van der Waals surface area contributed by atoms with Crippen LogP contribution in [0.25, 0.3) is 0 Å². The van der Waals surface area contributed by atoms with Crippen LogP contribution in [0.3, 0.4) is 0 Å². The van der Waals surface area contributed by atoms with Gasteiger partial charge >= 0.3 is 12.6 Å². The van der Waals surface area contributed by atoms with Gasteiger partial charge in [-0.05, 0) is 6.92 Å². The molecule has 0 saturated heterocycles. The molecule has 0 unspecified atom stereocenters. The maximum absolute atomic E-state index is 11.9. The average molecular weight is 221 g/mol. The van der Waals surface area contributed by atoms with Gasteiger partial charge in [-0.25, -0.2) is 4.79 Å². The van der Waals surface area contributed by atoms with E-state index >= 15 is 0 Å². The van der Waals surface area contributed by atoms with E-state index in [1.165, 1.54) is 7.05 Å². The summed E-state index contributed by atoms with van der Waals surface area (Å²) in [5, 5.41) is 7.01. The SMILES string of the molecule is CCOC(=O)c1nn(C)nc1OC(F)F. The zero-order valence-electron chi connectivity index (χ0n) is 8.11. The second kappa shape index (κ2) is 4.67. The summed E-state index contributed by atoms with van der Waals surface area (Å²) in [6, 6.07) is 0. The third-order valence-corrected chi connectivity index (χ3v) is 1.35. The van der Waals surface area contributed by atoms with E-state index in [1.807, 2.05) is 0 Å². The van der Waals surface area contributed by atoms with Gasteiger partial charge in [-0.15, -0.1) is 10.2 Å². The molecule has 0 spiro atoms. The first-order valence-electron chi connectivity index (χ1n) is 4.07. The van der Waals surface area contributed by atoms with E-state index in [0.717, 1.165) is 4.80 Å². The number of nitrogens with zero attached hydrogens (tertiary/aromatic N) is 3. The van der Waals surface area contributed by atoms with Gasteiger partial charge in [0.1, 0.15) is 0 Å². The molecule has 1 aromatic rings. The molecule has 0 bridgehead atoms. The van der Waals surface area contributed by atoms with Crippen LogP contribution >= 0.6 is 0 Å². The number of rotatable bonds is 4. The smallest absolute Gasteiger partial charge is 0.388 e. The number of alkyl halides is 2. The fourth-order valence-corrected chi connectivity index (χ4v) is 0.880. The third-order valence-electron chi connectivity index (χ3n) is 1.35. The minimum absolute atomic E-state index is 0.115. The van der Waals surface area contributed by atoms with Crippen molar-refractivity contribution in [1.82, 2.24) is 15.0 Å². The van der Waals surface area contributed by atoms with Gasteiger partial charge in [0, 0.05) is 7.05 Å². The number of esters is 1. The van der Waals surface area contributed by atoms with E-state index in [9.17, 15) is 13.6 Å². The topological polar surface area (TPSA) is 66.2 Å². The van der Waals surface area contributed by atoms with Gasteiger partial charge in [0.25, 0.3) is 5.88 Å². The maximum atomic E-state index is 11.9. The van der Waals surface area contributed by atoms with Crippen molar-refractivity contribution in [3.63, 3.8) is 0 Å². The highest BCUT2D eigenvalue weighted by Gasteiger charge is 2.22. The second-order valence-electron chi connectivity index (χ2n) is 2.44. The molecule has 1 rings (SSSR count). The zero-order valence-corrected chi connectivity index (χ0v) is 8.11. The maximum Gasteiger partial charge on any atom is 0.388 e. The highest BCUT2D eigenvalue weighted by atomic mass is 19.3. The largest absolute Gasteiger partial charge is 0.461 e. The number of hydrogen-bond donors (Lipinski definition) is 0. The van der Waals surface area contributed by atoms with Gasteiger partial charge in [0.15, 0.2) is 0 Å². The van der Waals surface area contributed by atoms with E-state index in [2.05, 4.69) is 19.7 Å². The quantitative estimate of drug-likeness (QED) is 0.696. The van der Waals surface area contributed by atoms with Crippen molar-refractivity contribution < 1.29 is 23.0 Å². The predicted molar refractivity (Wildman–Crippen MR) is 43.6 cm³/mol. The summed E-state index contributed by atoms with van der Waals surface area (Å²) in [6.45, 7) is -1.36. The first kappa shape index (κ1) is 11.3. The van der Waals surface area contributed by atoms with E-state index in [4.69, 9.17) is 0 Å². The summed E-state index contributed by atoms with van der Waals surface area (Å²) in [6.07, 6.45) is 0. The lowest BCUT2D eigenvalue weighted by atomic mass is 10.5. The molecular weight excluding hydrogens is 212 g/mol. The zero-order chi connectivity index (χ0) is 11.4. The minimum Gasteiger partial charge on any atom is -0.461 e. The van der Waals surface area contributed by atoms with Gasteiger partial charge < -0.3 is 9.47 Å². The Labute approximate surface area is 83.8 Å². The number of hydrogen-bond acceptors (Lipinski definition) is 5. The van der Waals surface area contributed by atoms with E-state index in [0.29, 0.717) is 0 Å². The van der Waals surface area contributed by atoms with Crippen molar-refractivity contribution in [2.75, 3.05) is 6.61 Å². The molecule has 84 valence electrons. The number of carbonyl (C=O) groups is 1. The van der Waals surface area contributed by atoms with Gasteiger partial charge in [-0.1, -0.05) is 0 Å². The highest BCUT2D eigenvalue weighted by molar-refractivity contribution is 5.89. The molecule has 0 saturated carbocycles. The summed E-state index contributed by atoms with van der Waals surface area (Å²) < 4.78 is 32.4. The second-order valence-corrected chi connectivity index (χ2v) is 2.44. The molecule has 8 heteroatoms. The summed E-state index contributed by atoms with van der Waals surface area (Å²) in [5.41, 5.74) is -0.361. The normalized spacial score (nSPS) is 10.5. The molecule has 0 aliphatic carbocycles. The van der Waals surface area contributed by atoms with Gasteiger partial charge in [-0.3, -0.25) is 0 Å². The van der Waals surface area contributed by atoms with Crippen LogP contribution in [0.15, 0.2) is 0 Å². The number of carbonyl (C=O) groups excluding carboxylic acids is 1. The molecule has 1 aromatic heterocycles. The summed E-state index contributed by atoms with van der Waals surface area (Å²) in [7, 11) is 1.38. The Morgan fingerprint density at radius 3 is 2.73 bits per heavy atom. The van der Waals surface area contributed by atoms with Crippen molar-refractivity contribution >= 4 is 5.97 Å². The molecule has 0 aliphatic rings. The third kappa shape index (κ3) is 2.86. The molecule has 0 aromatic carbocycles. The van der Waals surface area contributed by atoms with E-state index < -0.39 is 18.5 Å². The standard InChI is InChI=1S/C7H9F2N3O3/c1-3-14-6(13)4-5(15-7(8)9)11-12(2)10-4/h7H,3H2,1-2H3. The van der Waals surface area contributed by atoms with E-state index in [-0.39, 0.29) is 12.3 Å². The van der Waals surface area contributed by atoms with Gasteiger partial charge in [0.2, 0.25) is 5.69 Å². The van der Waals surface area contributed by atoms with Crippen LogP contribution in [0.2, 0.25) is 0 Å². The Bertz CT molecular complexity index is 353. The Hall–Kier alpha value is -1.73. The highest BCUT2D eigenvalue weighted by Crippen LogP contribution is 2.15. The van der Waals surface area contributed by atoms with Crippen LogP contribution in [0, 0.1) is 0 Å². The molecule has 0 radical (unpaired) electrons. The summed E-state index contributed by atoms with van der Waals surface area (Å²) in [4.78, 5) is 12.1. The lowest BCUT2D eigenvalue weighted by molar-refractivity contribution is -0.0537. The molecule has 6 nitrogen and oxygen atoms in total. The monoisotopic (exact) mass is 221 g/mol. The average Bonchev–Trinajstić information content (AvgIpc) is 2.46. The van der Waals surface area contributed by atoms with Crippen LogP contribution in [-0.4, -0.2) is 34.2 Å². The Balaban J connectivity index is 2.90. The van der Waals surface area contributed by atoms with Crippen molar-refractivity contribution in [1.29, 1.82) is 0 Å². The van der Waals surface area contributed by atoms with Crippen LogP contribution in [0.4, 0.5) is 8.78 Å². The number of ether oxygens (including phenoxy) is 2. The van der Waals surface area contributed by atoms with Crippen molar-refractivity contribution in [2.24, 2.45) is 7.05 Å². The van der Waals surface area contributed by atoms with Crippen molar-refractivity contribution in [2.45, 2.75) is 13.5 Å². The molecular formula is C7H9F2N3O3. The molecule has 0 aliphatic heterocycles. The number of aromatic nitrogens is 3. The van der Waals surface area contributed by atoms with E-state index in [1.54, 1.807) is 6.92 Å². The fraction of sp³-hybridized carbons (Fsp3) is 0.571. The molecule has 15 heavy (non-hydrogen) atoms. The Morgan fingerprint density at radius 2 is 2.20 bits per heavy atom. The first-order chi connectivity index (χ1) is 7.04. The van der Waals surface area contributed by atoms with Crippen LogP contribution < -0.4 is 4.74 Å². The fourth-order valence-electron chi connectivity index (χ4n) is 0.880. The van der Waals surface area contributed by atoms with Gasteiger partial charge in [-0.2, -0.15) is 13.6 Å². The van der Waals surface area contributed by atoms with Crippen molar-refractivity contribution in [3.8, 4) is 5.88 Å². The number of aryl methyl sites for hydroxylation is 1. The molecule has 0 fully saturated rings.